The lowest BCUT2D eigenvalue weighted by atomic mass is 10.3. The van der Waals surface area contributed by atoms with E-state index in [1.165, 1.54) is 22.7 Å². The predicted octanol–water partition coefficient (Wildman–Crippen LogP) is 3.46. The molecule has 0 aromatic carbocycles. The van der Waals surface area contributed by atoms with E-state index in [1.54, 1.807) is 6.07 Å². The smallest absolute Gasteiger partial charge is 0.197 e. The summed E-state index contributed by atoms with van der Waals surface area (Å²) in [5.74, 6) is 5.23. The van der Waals surface area contributed by atoms with E-state index in [0.717, 1.165) is 11.3 Å². The molecule has 3 nitrogen and oxygen atoms in total. The highest BCUT2D eigenvalue weighted by Gasteiger charge is 2.11. The van der Waals surface area contributed by atoms with Gasteiger partial charge in [-0.05, 0) is 6.07 Å². The Labute approximate surface area is 98.5 Å². The molecule has 0 bridgehead atoms. The second-order valence-corrected chi connectivity index (χ2v) is 5.56. The zero-order valence-corrected chi connectivity index (χ0v) is 9.90. The molecule has 0 spiro atoms. The van der Waals surface area contributed by atoms with Crippen molar-refractivity contribution in [3.8, 4) is 11.3 Å². The summed E-state index contributed by atoms with van der Waals surface area (Å²) in [5, 5.41) is 2.53. The van der Waals surface area contributed by atoms with Gasteiger partial charge < -0.3 is 0 Å². The van der Waals surface area contributed by atoms with Gasteiger partial charge in [0, 0.05) is 10.9 Å². The first-order valence-corrected chi connectivity index (χ1v) is 6.03. The molecular formula is C7H5Cl2N3S2. The highest BCUT2D eigenvalue weighted by atomic mass is 35.5. The quantitative estimate of drug-likeness (QED) is 0.646. The van der Waals surface area contributed by atoms with Gasteiger partial charge in [0.25, 0.3) is 0 Å². The monoisotopic (exact) mass is 265 g/mol. The summed E-state index contributed by atoms with van der Waals surface area (Å²) in [5.41, 5.74) is 4.11. The van der Waals surface area contributed by atoms with Crippen molar-refractivity contribution in [2.24, 2.45) is 5.84 Å². The van der Waals surface area contributed by atoms with Crippen LogP contribution in [0, 0.1) is 0 Å². The van der Waals surface area contributed by atoms with Crippen molar-refractivity contribution in [3.63, 3.8) is 0 Å². The molecule has 2 heterocycles. The average Bonchev–Trinajstić information content (AvgIpc) is 2.71. The van der Waals surface area contributed by atoms with Crippen molar-refractivity contribution in [2.75, 3.05) is 5.43 Å². The molecule has 74 valence electrons. The minimum atomic E-state index is 0.642. The lowest BCUT2D eigenvalue weighted by Crippen LogP contribution is -2.05. The maximum atomic E-state index is 5.98. The van der Waals surface area contributed by atoms with Gasteiger partial charge in [-0.25, -0.2) is 10.8 Å². The summed E-state index contributed by atoms with van der Waals surface area (Å²) in [6.07, 6.45) is 0. The lowest BCUT2D eigenvalue weighted by molar-refractivity contribution is 1.29. The fourth-order valence-electron chi connectivity index (χ4n) is 0.979. The molecule has 0 saturated heterocycles. The van der Waals surface area contributed by atoms with Gasteiger partial charge in [-0.15, -0.1) is 22.7 Å². The van der Waals surface area contributed by atoms with E-state index in [1.807, 2.05) is 5.38 Å². The number of nitrogens with two attached hydrogens (primary N) is 1. The number of hydrogen-bond donors (Lipinski definition) is 2. The van der Waals surface area contributed by atoms with Crippen LogP contribution in [-0.2, 0) is 0 Å². The first-order valence-electron chi connectivity index (χ1n) is 3.58. The third-order valence-electron chi connectivity index (χ3n) is 1.56. The van der Waals surface area contributed by atoms with Gasteiger partial charge in [0.2, 0.25) is 0 Å². The second kappa shape index (κ2) is 4.04. The number of thiazole rings is 1. The third kappa shape index (κ3) is 1.87. The number of hydrogen-bond acceptors (Lipinski definition) is 5. The van der Waals surface area contributed by atoms with Crippen molar-refractivity contribution in [1.29, 1.82) is 0 Å². The molecule has 0 amide bonds. The predicted molar refractivity (Wildman–Crippen MR) is 63.3 cm³/mol. The van der Waals surface area contributed by atoms with E-state index in [9.17, 15) is 0 Å². The average molecular weight is 266 g/mol. The number of aromatic nitrogens is 1. The number of rotatable bonds is 2. The van der Waals surface area contributed by atoms with Crippen LogP contribution in [0.25, 0.3) is 11.3 Å². The van der Waals surface area contributed by atoms with Gasteiger partial charge in [0.15, 0.2) is 5.13 Å². The van der Waals surface area contributed by atoms with E-state index in [-0.39, 0.29) is 0 Å². The molecule has 0 fully saturated rings. The van der Waals surface area contributed by atoms with Crippen LogP contribution in [0.2, 0.25) is 8.67 Å². The Morgan fingerprint density at radius 3 is 2.71 bits per heavy atom. The number of nitrogens with one attached hydrogen (secondary N) is 1. The number of anilines is 1. The van der Waals surface area contributed by atoms with Crippen molar-refractivity contribution >= 4 is 51.0 Å². The van der Waals surface area contributed by atoms with Crippen LogP contribution >= 0.6 is 45.9 Å². The summed E-state index contributed by atoms with van der Waals surface area (Å²) < 4.78 is 1.30. The van der Waals surface area contributed by atoms with Gasteiger partial charge in [0.05, 0.1) is 10.0 Å². The number of nitrogen functional groups attached to an aromatic ring is 1. The number of thiophene rings is 1. The van der Waals surface area contributed by atoms with Crippen LogP contribution < -0.4 is 11.3 Å². The Kier molecular flexibility index (Phi) is 2.94. The van der Waals surface area contributed by atoms with Crippen LogP contribution in [0.1, 0.15) is 0 Å². The zero-order valence-electron chi connectivity index (χ0n) is 6.75. The molecule has 0 atom stereocenters. The molecule has 0 radical (unpaired) electrons. The molecule has 3 N–H and O–H groups in total. The fourth-order valence-corrected chi connectivity index (χ4v) is 3.08. The van der Waals surface area contributed by atoms with Gasteiger partial charge in [0.1, 0.15) is 4.34 Å². The minimum Gasteiger partial charge on any atom is -0.300 e. The molecule has 0 saturated carbocycles. The lowest BCUT2D eigenvalue weighted by Gasteiger charge is -1.91. The molecule has 0 unspecified atom stereocenters. The van der Waals surface area contributed by atoms with E-state index in [2.05, 4.69) is 10.4 Å². The van der Waals surface area contributed by atoms with E-state index in [4.69, 9.17) is 29.0 Å². The minimum absolute atomic E-state index is 0.642. The summed E-state index contributed by atoms with van der Waals surface area (Å²) in [6, 6.07) is 1.80. The van der Waals surface area contributed by atoms with Gasteiger partial charge in [-0.2, -0.15) is 0 Å². The van der Waals surface area contributed by atoms with Crippen LogP contribution in [0.3, 0.4) is 0 Å². The van der Waals surface area contributed by atoms with Crippen molar-refractivity contribution < 1.29 is 0 Å². The topological polar surface area (TPSA) is 50.9 Å². The SMILES string of the molecule is NNc1nc(-c2cc(Cl)sc2Cl)cs1. The van der Waals surface area contributed by atoms with Crippen molar-refractivity contribution in [3.05, 3.63) is 20.1 Å². The van der Waals surface area contributed by atoms with Crippen LogP contribution in [0.15, 0.2) is 11.4 Å². The van der Waals surface area contributed by atoms with Crippen LogP contribution in [0.4, 0.5) is 5.13 Å². The van der Waals surface area contributed by atoms with Crippen molar-refractivity contribution in [1.82, 2.24) is 4.98 Å². The largest absolute Gasteiger partial charge is 0.300 e. The molecular weight excluding hydrogens is 261 g/mol. The first kappa shape index (κ1) is 10.2. The van der Waals surface area contributed by atoms with Gasteiger partial charge >= 0.3 is 0 Å². The summed E-state index contributed by atoms with van der Waals surface area (Å²) in [7, 11) is 0. The molecule has 0 aliphatic heterocycles. The molecule has 7 heteroatoms. The summed E-state index contributed by atoms with van der Waals surface area (Å²) >= 11 is 14.5. The molecule has 0 aliphatic rings. The Bertz CT molecular complexity index is 451. The highest BCUT2D eigenvalue weighted by Crippen LogP contribution is 2.38. The Hall–Kier alpha value is -0.330. The highest BCUT2D eigenvalue weighted by molar-refractivity contribution is 7.20. The Morgan fingerprint density at radius 2 is 2.21 bits per heavy atom. The zero-order chi connectivity index (χ0) is 10.1. The van der Waals surface area contributed by atoms with E-state index in [0.29, 0.717) is 13.8 Å². The maximum absolute atomic E-state index is 5.98. The number of halogens is 2. The maximum Gasteiger partial charge on any atom is 0.197 e. The summed E-state index contributed by atoms with van der Waals surface area (Å²) in [4.78, 5) is 4.22. The van der Waals surface area contributed by atoms with Gasteiger partial charge in [-0.1, -0.05) is 23.2 Å². The van der Waals surface area contributed by atoms with Crippen LogP contribution in [-0.4, -0.2) is 4.98 Å². The Balaban J connectivity index is 2.43. The van der Waals surface area contributed by atoms with Gasteiger partial charge in [-0.3, -0.25) is 5.43 Å². The molecule has 14 heavy (non-hydrogen) atoms. The number of nitrogens with zero attached hydrogens (tertiary/aromatic N) is 1. The van der Waals surface area contributed by atoms with E-state index < -0.39 is 0 Å². The van der Waals surface area contributed by atoms with E-state index >= 15 is 0 Å². The first-order chi connectivity index (χ1) is 6.70. The summed E-state index contributed by atoms with van der Waals surface area (Å²) in [6.45, 7) is 0. The number of hydrazine groups is 1. The van der Waals surface area contributed by atoms with Crippen LogP contribution in [0.5, 0.6) is 0 Å². The normalized spacial score (nSPS) is 10.5. The second-order valence-electron chi connectivity index (χ2n) is 2.42. The molecule has 2 rings (SSSR count). The fraction of sp³-hybridized carbons (Fsp3) is 0. The standard InChI is InChI=1S/C7H5Cl2N3S2/c8-5-1-3(6(9)14-5)4-2-13-7(11-4)12-10/h1-2H,10H2,(H,11,12). The molecule has 2 aromatic heterocycles. The molecule has 0 aliphatic carbocycles. The van der Waals surface area contributed by atoms with Crippen molar-refractivity contribution in [2.45, 2.75) is 0 Å². The third-order valence-corrected chi connectivity index (χ3v) is 3.82. The Morgan fingerprint density at radius 1 is 1.43 bits per heavy atom. The molecule has 2 aromatic rings.